The molecule has 0 aliphatic carbocycles. The van der Waals surface area contributed by atoms with Crippen LogP contribution >= 0.6 is 0 Å². The Hall–Kier alpha value is -2.69. The Kier molecular flexibility index (Phi) is 2.95. The third-order valence-electron chi connectivity index (χ3n) is 2.86. The monoisotopic (exact) mass is 269 g/mol. The van der Waals surface area contributed by atoms with E-state index in [0.717, 1.165) is 5.56 Å². The van der Waals surface area contributed by atoms with Crippen LogP contribution < -0.4 is 10.5 Å². The van der Waals surface area contributed by atoms with Crippen LogP contribution in [0.25, 0.3) is 11.0 Å². The van der Waals surface area contributed by atoms with Crippen LogP contribution in [0.5, 0.6) is 11.6 Å². The lowest BCUT2D eigenvalue weighted by Gasteiger charge is -2.09. The highest BCUT2D eigenvalue weighted by Crippen LogP contribution is 2.28. The lowest BCUT2D eigenvalue weighted by molar-refractivity contribution is 0.429. The molecule has 0 spiro atoms. The van der Waals surface area contributed by atoms with Crippen molar-refractivity contribution in [3.63, 3.8) is 0 Å². The van der Waals surface area contributed by atoms with E-state index >= 15 is 0 Å². The van der Waals surface area contributed by atoms with Crippen molar-refractivity contribution >= 4 is 16.9 Å². The lowest BCUT2D eigenvalue weighted by Crippen LogP contribution is -2.00. The van der Waals surface area contributed by atoms with Crippen molar-refractivity contribution in [1.82, 2.24) is 9.97 Å². The molecule has 20 heavy (non-hydrogen) atoms. The lowest BCUT2D eigenvalue weighted by atomic mass is 10.2. The number of hydrogen-bond donors (Lipinski definition) is 1. The van der Waals surface area contributed by atoms with Gasteiger partial charge in [-0.05, 0) is 36.8 Å². The predicted molar refractivity (Wildman–Crippen MR) is 75.2 cm³/mol. The number of aryl methyl sites for hydroxylation is 1. The first-order valence-corrected chi connectivity index (χ1v) is 6.10. The van der Waals surface area contributed by atoms with Gasteiger partial charge in [0.15, 0.2) is 17.4 Å². The van der Waals surface area contributed by atoms with Gasteiger partial charge in [-0.2, -0.15) is 0 Å². The summed E-state index contributed by atoms with van der Waals surface area (Å²) in [5.74, 6) is -0.149. The van der Waals surface area contributed by atoms with Crippen LogP contribution in [-0.4, -0.2) is 9.97 Å². The zero-order valence-electron chi connectivity index (χ0n) is 10.8. The van der Waals surface area contributed by atoms with Gasteiger partial charge in [0.2, 0.25) is 0 Å². The zero-order chi connectivity index (χ0) is 14.1. The molecule has 100 valence electrons. The van der Waals surface area contributed by atoms with Gasteiger partial charge in [0, 0.05) is 0 Å². The van der Waals surface area contributed by atoms with E-state index in [1.54, 1.807) is 24.3 Å². The van der Waals surface area contributed by atoms with Crippen LogP contribution in [0.3, 0.4) is 0 Å². The van der Waals surface area contributed by atoms with E-state index in [0.29, 0.717) is 11.0 Å². The molecule has 0 fully saturated rings. The second-order valence-electron chi connectivity index (χ2n) is 4.44. The molecule has 0 atom stereocenters. The smallest absolute Gasteiger partial charge is 0.263 e. The number of fused-ring (bicyclic) bond motifs is 1. The molecular formula is C15H12FN3O. The summed E-state index contributed by atoms with van der Waals surface area (Å²) < 4.78 is 19.1. The summed E-state index contributed by atoms with van der Waals surface area (Å²) in [6.07, 6.45) is 0. The Morgan fingerprint density at radius 2 is 1.75 bits per heavy atom. The fraction of sp³-hybridized carbons (Fsp3) is 0.0667. The number of aromatic nitrogens is 2. The highest BCUT2D eigenvalue weighted by atomic mass is 19.1. The summed E-state index contributed by atoms with van der Waals surface area (Å²) >= 11 is 0. The number of anilines is 1. The fourth-order valence-corrected chi connectivity index (χ4v) is 1.87. The molecule has 2 N–H and O–H groups in total. The Morgan fingerprint density at radius 3 is 2.50 bits per heavy atom. The molecule has 0 aliphatic rings. The molecule has 0 amide bonds. The van der Waals surface area contributed by atoms with Crippen molar-refractivity contribution in [3.05, 3.63) is 53.8 Å². The van der Waals surface area contributed by atoms with Crippen molar-refractivity contribution in [2.45, 2.75) is 6.92 Å². The first-order valence-electron chi connectivity index (χ1n) is 6.10. The summed E-state index contributed by atoms with van der Waals surface area (Å²) in [5, 5.41) is 0. The number of ether oxygens (including phenoxy) is 1. The SMILES string of the molecule is Cc1ccc(F)c(Oc2nc3ccccc3nc2N)c1. The normalized spacial score (nSPS) is 10.7. The van der Waals surface area contributed by atoms with E-state index in [9.17, 15) is 4.39 Å². The van der Waals surface area contributed by atoms with Gasteiger partial charge in [0.1, 0.15) is 0 Å². The van der Waals surface area contributed by atoms with Gasteiger partial charge in [-0.25, -0.2) is 14.4 Å². The molecule has 0 saturated carbocycles. The molecule has 1 aromatic heterocycles. The van der Waals surface area contributed by atoms with Crippen LogP contribution in [0.4, 0.5) is 10.2 Å². The largest absolute Gasteiger partial charge is 0.433 e. The third-order valence-corrected chi connectivity index (χ3v) is 2.86. The minimum atomic E-state index is -0.468. The number of nitrogens with zero attached hydrogens (tertiary/aromatic N) is 2. The molecular weight excluding hydrogens is 257 g/mol. The minimum Gasteiger partial charge on any atom is -0.433 e. The van der Waals surface area contributed by atoms with Crippen LogP contribution in [0.2, 0.25) is 0 Å². The average Bonchev–Trinajstić information content (AvgIpc) is 2.43. The summed E-state index contributed by atoms with van der Waals surface area (Å²) in [6.45, 7) is 1.85. The second-order valence-corrected chi connectivity index (χ2v) is 4.44. The molecule has 0 radical (unpaired) electrons. The van der Waals surface area contributed by atoms with E-state index in [2.05, 4.69) is 9.97 Å². The van der Waals surface area contributed by atoms with Crippen molar-refractivity contribution in [2.75, 3.05) is 5.73 Å². The second kappa shape index (κ2) is 4.77. The molecule has 3 aromatic rings. The highest BCUT2D eigenvalue weighted by Gasteiger charge is 2.11. The Morgan fingerprint density at radius 1 is 1.05 bits per heavy atom. The molecule has 0 unspecified atom stereocenters. The predicted octanol–water partition coefficient (Wildman–Crippen LogP) is 3.45. The molecule has 3 rings (SSSR count). The highest BCUT2D eigenvalue weighted by molar-refractivity contribution is 5.76. The first kappa shape index (κ1) is 12.3. The van der Waals surface area contributed by atoms with Gasteiger partial charge in [0.05, 0.1) is 11.0 Å². The average molecular weight is 269 g/mol. The van der Waals surface area contributed by atoms with Crippen molar-refractivity contribution in [3.8, 4) is 11.6 Å². The Bertz CT molecular complexity index is 789. The van der Waals surface area contributed by atoms with Gasteiger partial charge in [0.25, 0.3) is 5.88 Å². The molecule has 0 aliphatic heterocycles. The van der Waals surface area contributed by atoms with Gasteiger partial charge >= 0.3 is 0 Å². The third kappa shape index (κ3) is 2.25. The molecule has 4 nitrogen and oxygen atoms in total. The number of nitrogens with two attached hydrogens (primary N) is 1. The maximum Gasteiger partial charge on any atom is 0.263 e. The number of para-hydroxylation sites is 2. The van der Waals surface area contributed by atoms with Gasteiger partial charge in [-0.3, -0.25) is 0 Å². The summed E-state index contributed by atoms with van der Waals surface area (Å²) in [4.78, 5) is 8.46. The Labute approximate surface area is 115 Å². The van der Waals surface area contributed by atoms with Gasteiger partial charge in [-0.15, -0.1) is 0 Å². The number of rotatable bonds is 2. The van der Waals surface area contributed by atoms with E-state index in [-0.39, 0.29) is 17.4 Å². The van der Waals surface area contributed by atoms with E-state index < -0.39 is 5.82 Å². The topological polar surface area (TPSA) is 61.0 Å². The standard InChI is InChI=1S/C15H12FN3O/c1-9-6-7-10(16)13(8-9)20-15-14(17)18-11-4-2-3-5-12(11)19-15/h2-8H,1H3,(H2,17,18). The maximum atomic E-state index is 13.7. The molecule has 5 heteroatoms. The van der Waals surface area contributed by atoms with Crippen molar-refractivity contribution < 1.29 is 9.13 Å². The molecule has 0 bridgehead atoms. The van der Waals surface area contributed by atoms with Gasteiger partial charge < -0.3 is 10.5 Å². The number of benzene rings is 2. The van der Waals surface area contributed by atoms with E-state index in [1.165, 1.54) is 6.07 Å². The number of halogens is 1. The number of hydrogen-bond acceptors (Lipinski definition) is 4. The fourth-order valence-electron chi connectivity index (χ4n) is 1.87. The quantitative estimate of drug-likeness (QED) is 0.774. The molecule has 0 saturated heterocycles. The first-order chi connectivity index (χ1) is 9.63. The number of nitrogen functional groups attached to an aromatic ring is 1. The van der Waals surface area contributed by atoms with Crippen LogP contribution in [0, 0.1) is 12.7 Å². The van der Waals surface area contributed by atoms with E-state index in [1.807, 2.05) is 19.1 Å². The van der Waals surface area contributed by atoms with E-state index in [4.69, 9.17) is 10.5 Å². The van der Waals surface area contributed by atoms with Crippen molar-refractivity contribution in [2.24, 2.45) is 0 Å². The summed E-state index contributed by atoms with van der Waals surface area (Å²) in [6, 6.07) is 11.9. The van der Waals surface area contributed by atoms with Crippen LogP contribution in [0.15, 0.2) is 42.5 Å². The summed E-state index contributed by atoms with van der Waals surface area (Å²) in [7, 11) is 0. The maximum absolute atomic E-state index is 13.7. The van der Waals surface area contributed by atoms with Gasteiger partial charge in [-0.1, -0.05) is 18.2 Å². The minimum absolute atomic E-state index is 0.0845. The summed E-state index contributed by atoms with van der Waals surface area (Å²) in [5.41, 5.74) is 8.00. The van der Waals surface area contributed by atoms with Crippen molar-refractivity contribution in [1.29, 1.82) is 0 Å². The van der Waals surface area contributed by atoms with Crippen LogP contribution in [0.1, 0.15) is 5.56 Å². The molecule has 2 aromatic carbocycles. The Balaban J connectivity index is 2.06. The zero-order valence-corrected chi connectivity index (χ0v) is 10.8. The molecule has 1 heterocycles. The van der Waals surface area contributed by atoms with Crippen LogP contribution in [-0.2, 0) is 0 Å².